The second kappa shape index (κ2) is 3.52. The van der Waals surface area contributed by atoms with Crippen LogP contribution < -0.4 is 0 Å². The van der Waals surface area contributed by atoms with Crippen molar-refractivity contribution in [3.63, 3.8) is 0 Å². The summed E-state index contributed by atoms with van der Waals surface area (Å²) in [6.07, 6.45) is 0. The lowest BCUT2D eigenvalue weighted by molar-refractivity contribution is 1.28. The van der Waals surface area contributed by atoms with E-state index in [0.29, 0.717) is 0 Å². The van der Waals surface area contributed by atoms with Crippen molar-refractivity contribution in [2.24, 2.45) is 0 Å². The quantitative estimate of drug-likeness (QED) is 0.669. The van der Waals surface area contributed by atoms with Crippen molar-refractivity contribution in [2.75, 3.05) is 0 Å². The highest BCUT2D eigenvalue weighted by Gasteiger charge is 1.99. The molecule has 4 heteroatoms. The minimum Gasteiger partial charge on any atom is -0.142 e. The third-order valence-electron chi connectivity index (χ3n) is 1.02. The third kappa shape index (κ3) is 1.94. The summed E-state index contributed by atoms with van der Waals surface area (Å²) in [7, 11) is 0. The molecule has 0 radical (unpaired) electrons. The minimum atomic E-state index is 0.896. The molecule has 0 spiro atoms. The van der Waals surface area contributed by atoms with Gasteiger partial charge in [0, 0.05) is 18.7 Å². The van der Waals surface area contributed by atoms with Crippen LogP contribution in [0.25, 0.3) is 0 Å². The first kappa shape index (κ1) is 8.97. The molecule has 54 valence electrons. The lowest BCUT2D eigenvalue weighted by Crippen LogP contribution is -1.73. The van der Waals surface area contributed by atoms with Gasteiger partial charge in [-0.2, -0.15) is 0 Å². The highest BCUT2D eigenvalue weighted by molar-refractivity contribution is 9.11. The average Bonchev–Trinajstić information content (AvgIpc) is 1.84. The van der Waals surface area contributed by atoms with Gasteiger partial charge in [-0.15, -0.1) is 25.3 Å². The molecule has 0 aliphatic rings. The Hall–Kier alpha value is 0.880. The minimum absolute atomic E-state index is 0.896. The molecule has 0 aromatic heterocycles. The van der Waals surface area contributed by atoms with Gasteiger partial charge in [-0.25, -0.2) is 0 Å². The lowest BCUT2D eigenvalue weighted by atomic mass is 10.4. The molecule has 0 heterocycles. The van der Waals surface area contributed by atoms with Crippen LogP contribution in [-0.4, -0.2) is 0 Å². The molecule has 0 N–H and O–H groups in total. The predicted molar refractivity (Wildman–Crippen MR) is 56.3 cm³/mol. The Labute approximate surface area is 87.5 Å². The fourth-order valence-electron chi connectivity index (χ4n) is 0.527. The van der Waals surface area contributed by atoms with Gasteiger partial charge in [0.1, 0.15) is 0 Å². The molecule has 0 saturated heterocycles. The molecule has 0 saturated carbocycles. The second-order valence-corrected chi connectivity index (χ2v) is 4.43. The molecule has 0 nitrogen and oxygen atoms in total. The summed E-state index contributed by atoms with van der Waals surface area (Å²) in [5.41, 5.74) is 0. The van der Waals surface area contributed by atoms with Crippen molar-refractivity contribution in [1.82, 2.24) is 0 Å². The normalized spacial score (nSPS) is 10.0. The van der Waals surface area contributed by atoms with E-state index in [1.54, 1.807) is 0 Å². The first-order chi connectivity index (χ1) is 4.61. The summed E-state index contributed by atoms with van der Waals surface area (Å²) in [4.78, 5) is 1.79. The van der Waals surface area contributed by atoms with E-state index in [9.17, 15) is 0 Å². The van der Waals surface area contributed by atoms with Crippen molar-refractivity contribution in [1.29, 1.82) is 0 Å². The first-order valence-electron chi connectivity index (χ1n) is 2.48. The van der Waals surface area contributed by atoms with Gasteiger partial charge in [-0.1, -0.05) is 0 Å². The second-order valence-electron chi connectivity index (χ2n) is 1.76. The summed E-state index contributed by atoms with van der Waals surface area (Å²) in [6.45, 7) is 0. The van der Waals surface area contributed by atoms with E-state index in [1.807, 2.05) is 12.1 Å². The Morgan fingerprint density at radius 2 is 1.30 bits per heavy atom. The smallest absolute Gasteiger partial charge is 0.0320 e. The van der Waals surface area contributed by atoms with Crippen LogP contribution in [0.2, 0.25) is 0 Å². The zero-order valence-electron chi connectivity index (χ0n) is 4.81. The predicted octanol–water partition coefficient (Wildman–Crippen LogP) is 3.79. The van der Waals surface area contributed by atoms with Gasteiger partial charge < -0.3 is 0 Å². The van der Waals surface area contributed by atoms with Crippen LogP contribution in [0.15, 0.2) is 30.9 Å². The van der Waals surface area contributed by atoms with E-state index >= 15 is 0 Å². The van der Waals surface area contributed by atoms with Crippen LogP contribution in [0, 0.1) is 0 Å². The zero-order chi connectivity index (χ0) is 7.72. The van der Waals surface area contributed by atoms with Crippen molar-refractivity contribution >= 4 is 57.1 Å². The van der Waals surface area contributed by atoms with E-state index in [1.165, 1.54) is 0 Å². The lowest BCUT2D eigenvalue weighted by Gasteiger charge is -2.00. The van der Waals surface area contributed by atoms with Crippen molar-refractivity contribution < 1.29 is 0 Å². The number of rotatable bonds is 0. The molecule has 0 aliphatic heterocycles. The topological polar surface area (TPSA) is 0 Å². The maximum atomic E-state index is 4.20. The van der Waals surface area contributed by atoms with Crippen molar-refractivity contribution in [2.45, 2.75) is 9.79 Å². The molecule has 0 aliphatic carbocycles. The van der Waals surface area contributed by atoms with Gasteiger partial charge in [0.15, 0.2) is 0 Å². The van der Waals surface area contributed by atoms with E-state index in [-0.39, 0.29) is 0 Å². The maximum Gasteiger partial charge on any atom is 0.0320 e. The molecular formula is C6H4Br2S2. The number of halogens is 2. The Bertz CT molecular complexity index is 210. The van der Waals surface area contributed by atoms with E-state index in [2.05, 4.69) is 57.1 Å². The monoisotopic (exact) mass is 298 g/mol. The molecule has 1 rings (SSSR count). The fourth-order valence-corrected chi connectivity index (χ4v) is 2.01. The van der Waals surface area contributed by atoms with Crippen molar-refractivity contribution in [3.05, 3.63) is 21.1 Å². The summed E-state index contributed by atoms with van der Waals surface area (Å²) in [5.74, 6) is 0. The average molecular weight is 300 g/mol. The van der Waals surface area contributed by atoms with Crippen molar-refractivity contribution in [3.8, 4) is 0 Å². The Morgan fingerprint density at radius 3 is 1.60 bits per heavy atom. The van der Waals surface area contributed by atoms with E-state index in [0.717, 1.165) is 18.7 Å². The molecule has 0 bridgehead atoms. The molecule has 1 aromatic carbocycles. The number of hydrogen-bond acceptors (Lipinski definition) is 2. The summed E-state index contributed by atoms with van der Waals surface area (Å²) < 4.78 is 1.95. The van der Waals surface area contributed by atoms with Gasteiger partial charge >= 0.3 is 0 Å². The summed E-state index contributed by atoms with van der Waals surface area (Å²) in [6, 6.07) is 3.80. The molecule has 0 atom stereocenters. The Kier molecular flexibility index (Phi) is 3.16. The molecule has 0 unspecified atom stereocenters. The maximum absolute atomic E-state index is 4.20. The number of hydrogen-bond donors (Lipinski definition) is 2. The third-order valence-corrected chi connectivity index (χ3v) is 3.68. The van der Waals surface area contributed by atoms with Gasteiger partial charge in [-0.3, -0.25) is 0 Å². The highest BCUT2D eigenvalue weighted by atomic mass is 79.9. The summed E-state index contributed by atoms with van der Waals surface area (Å²) in [5, 5.41) is 0. The molecule has 0 fully saturated rings. The van der Waals surface area contributed by atoms with Gasteiger partial charge in [-0.05, 0) is 44.0 Å². The fraction of sp³-hybridized carbons (Fsp3) is 0. The largest absolute Gasteiger partial charge is 0.142 e. The molecule has 10 heavy (non-hydrogen) atoms. The molecule has 1 aromatic rings. The van der Waals surface area contributed by atoms with Gasteiger partial charge in [0.05, 0.1) is 0 Å². The SMILES string of the molecule is Sc1cc(S)c(Br)cc1Br. The Balaban J connectivity index is 3.28. The van der Waals surface area contributed by atoms with E-state index < -0.39 is 0 Å². The van der Waals surface area contributed by atoms with Crippen LogP contribution in [0.4, 0.5) is 0 Å². The number of thiol groups is 2. The summed E-state index contributed by atoms with van der Waals surface area (Å²) >= 11 is 15.1. The van der Waals surface area contributed by atoms with E-state index in [4.69, 9.17) is 0 Å². The Morgan fingerprint density at radius 1 is 0.900 bits per heavy atom. The van der Waals surface area contributed by atoms with Gasteiger partial charge in [0.25, 0.3) is 0 Å². The van der Waals surface area contributed by atoms with Crippen LogP contribution in [-0.2, 0) is 0 Å². The van der Waals surface area contributed by atoms with Crippen LogP contribution >= 0.6 is 57.1 Å². The number of benzene rings is 1. The first-order valence-corrected chi connectivity index (χ1v) is 4.96. The van der Waals surface area contributed by atoms with Crippen LogP contribution in [0.3, 0.4) is 0 Å². The molecule has 0 amide bonds. The molecular weight excluding hydrogens is 296 g/mol. The van der Waals surface area contributed by atoms with Crippen LogP contribution in [0.1, 0.15) is 0 Å². The standard InChI is InChI=1S/C6H4Br2S2/c7-3-1-4(8)6(10)2-5(3)9/h1-2,9-10H. The highest BCUT2D eigenvalue weighted by Crippen LogP contribution is 2.29. The van der Waals surface area contributed by atoms with Gasteiger partial charge in [0.2, 0.25) is 0 Å². The van der Waals surface area contributed by atoms with Crippen LogP contribution in [0.5, 0.6) is 0 Å². The zero-order valence-corrected chi connectivity index (χ0v) is 9.77.